The first-order chi connectivity index (χ1) is 22.8. The van der Waals surface area contributed by atoms with Crippen molar-refractivity contribution in [3.05, 3.63) is 76.0 Å². The van der Waals surface area contributed by atoms with Crippen LogP contribution in [0.5, 0.6) is 11.8 Å². The Balaban J connectivity index is 1.22. The van der Waals surface area contributed by atoms with Gasteiger partial charge < -0.3 is 25.4 Å². The van der Waals surface area contributed by atoms with Crippen LogP contribution >= 0.6 is 23.2 Å². The fraction of sp³-hybridized carbons (Fsp3) is 0.343. The second kappa shape index (κ2) is 14.7. The Morgan fingerprint density at radius 3 is 2.19 bits per heavy atom. The molecule has 0 unspecified atom stereocenters. The van der Waals surface area contributed by atoms with Gasteiger partial charge in [0, 0.05) is 65.8 Å². The molecule has 6 rings (SSSR count). The Morgan fingerprint density at radius 1 is 0.872 bits per heavy atom. The van der Waals surface area contributed by atoms with Crippen LogP contribution in [0.4, 0.5) is 0 Å². The van der Waals surface area contributed by atoms with Crippen molar-refractivity contribution in [3.8, 4) is 45.4 Å². The summed E-state index contributed by atoms with van der Waals surface area (Å²) in [6.45, 7) is 1.12. The highest BCUT2D eigenvalue weighted by atomic mass is 35.5. The molecule has 2 aromatic heterocycles. The summed E-state index contributed by atoms with van der Waals surface area (Å²) >= 11 is 14.1. The highest BCUT2D eigenvalue weighted by Gasteiger charge is 2.23. The topological polar surface area (TPSA) is 127 Å². The Labute approximate surface area is 283 Å². The van der Waals surface area contributed by atoms with Crippen LogP contribution in [-0.4, -0.2) is 59.6 Å². The van der Waals surface area contributed by atoms with Crippen molar-refractivity contribution in [1.82, 2.24) is 30.9 Å². The standard InChI is InChI=1S/C35H36Cl2N6O4/c1-46-34-20(17-38-22-16-31(45)40-18-22)12-14-27(42-34)25-9-4-7-23(32(25)36)24-8-5-10-26(33(24)37)29-19-39-28(35(43-29)47-2)11-3-6-21-13-15-30(44)41-21/h4-5,7-10,12,14,19,21-22,38H,3,6,11,13,15-18H2,1-2H3,(H,40,45)(H,41,44)/t21-,22+/m1/s1. The highest BCUT2D eigenvalue weighted by molar-refractivity contribution is 6.39. The summed E-state index contributed by atoms with van der Waals surface area (Å²) in [5, 5.41) is 10.2. The van der Waals surface area contributed by atoms with E-state index in [2.05, 4.69) is 20.9 Å². The Bertz CT molecular complexity index is 1800. The molecule has 3 N–H and O–H groups in total. The molecule has 2 fully saturated rings. The van der Waals surface area contributed by atoms with E-state index in [1.165, 1.54) is 0 Å². The highest BCUT2D eigenvalue weighted by Crippen LogP contribution is 2.42. The van der Waals surface area contributed by atoms with E-state index in [0.717, 1.165) is 47.2 Å². The van der Waals surface area contributed by atoms with E-state index in [1.54, 1.807) is 20.4 Å². The lowest BCUT2D eigenvalue weighted by Gasteiger charge is -2.16. The molecule has 10 nitrogen and oxygen atoms in total. The summed E-state index contributed by atoms with van der Waals surface area (Å²) < 4.78 is 11.2. The first kappa shape index (κ1) is 32.7. The van der Waals surface area contributed by atoms with Crippen LogP contribution < -0.4 is 25.4 Å². The van der Waals surface area contributed by atoms with Crippen molar-refractivity contribution >= 4 is 35.0 Å². The summed E-state index contributed by atoms with van der Waals surface area (Å²) in [6, 6.07) is 15.6. The number of aromatic nitrogens is 3. The third kappa shape index (κ3) is 7.35. The number of benzene rings is 2. The number of ether oxygens (including phenoxy) is 2. The molecule has 2 amide bonds. The molecule has 0 aliphatic carbocycles. The van der Waals surface area contributed by atoms with Crippen molar-refractivity contribution in [3.63, 3.8) is 0 Å². The molecule has 0 spiro atoms. The zero-order valence-electron chi connectivity index (χ0n) is 26.2. The Morgan fingerprint density at radius 2 is 1.55 bits per heavy atom. The lowest BCUT2D eigenvalue weighted by molar-refractivity contribution is -0.120. The number of amides is 2. The first-order valence-corrected chi connectivity index (χ1v) is 16.4. The molecular weight excluding hydrogens is 639 g/mol. The number of nitrogens with one attached hydrogen (secondary N) is 3. The van der Waals surface area contributed by atoms with Gasteiger partial charge in [-0.3, -0.25) is 14.6 Å². The number of aryl methyl sites for hydroxylation is 1. The van der Waals surface area contributed by atoms with Crippen molar-refractivity contribution in [1.29, 1.82) is 0 Å². The minimum Gasteiger partial charge on any atom is -0.481 e. The third-order valence-corrected chi connectivity index (χ3v) is 9.40. The zero-order valence-corrected chi connectivity index (χ0v) is 27.8. The number of carbonyl (C=O) groups excluding carboxylic acids is 2. The number of halogens is 2. The number of hydrogen-bond acceptors (Lipinski definition) is 8. The van der Waals surface area contributed by atoms with Gasteiger partial charge in [-0.2, -0.15) is 0 Å². The minimum absolute atomic E-state index is 0.0490. The van der Waals surface area contributed by atoms with E-state index in [1.807, 2.05) is 48.5 Å². The number of pyridine rings is 1. The Kier molecular flexibility index (Phi) is 10.2. The van der Waals surface area contributed by atoms with Gasteiger partial charge in [-0.15, -0.1) is 0 Å². The van der Waals surface area contributed by atoms with Crippen molar-refractivity contribution < 1.29 is 19.1 Å². The maximum absolute atomic E-state index is 11.5. The smallest absolute Gasteiger partial charge is 0.235 e. The van der Waals surface area contributed by atoms with Gasteiger partial charge in [0.2, 0.25) is 23.6 Å². The predicted octanol–water partition coefficient (Wildman–Crippen LogP) is 5.78. The maximum atomic E-state index is 11.5. The molecule has 0 radical (unpaired) electrons. The number of hydrogen-bond donors (Lipinski definition) is 3. The predicted molar refractivity (Wildman–Crippen MR) is 182 cm³/mol. The van der Waals surface area contributed by atoms with Gasteiger partial charge in [0.1, 0.15) is 5.69 Å². The summed E-state index contributed by atoms with van der Waals surface area (Å²) in [6.07, 6.45) is 6.08. The summed E-state index contributed by atoms with van der Waals surface area (Å²) in [5.74, 6) is 1.10. The molecule has 12 heteroatoms. The van der Waals surface area contributed by atoms with E-state index in [9.17, 15) is 9.59 Å². The molecule has 47 heavy (non-hydrogen) atoms. The third-order valence-electron chi connectivity index (χ3n) is 8.59. The van der Waals surface area contributed by atoms with Crippen LogP contribution in [0.15, 0.2) is 54.7 Å². The molecule has 4 heterocycles. The van der Waals surface area contributed by atoms with E-state index < -0.39 is 0 Å². The second-order valence-corrected chi connectivity index (χ2v) is 12.4. The fourth-order valence-corrected chi connectivity index (χ4v) is 6.73. The quantitative estimate of drug-likeness (QED) is 0.173. The van der Waals surface area contributed by atoms with Crippen molar-refractivity contribution in [2.45, 2.75) is 57.2 Å². The van der Waals surface area contributed by atoms with E-state index in [4.69, 9.17) is 42.6 Å². The summed E-state index contributed by atoms with van der Waals surface area (Å²) in [5.41, 5.74) is 5.81. The van der Waals surface area contributed by atoms with Gasteiger partial charge in [0.05, 0.1) is 41.8 Å². The van der Waals surface area contributed by atoms with Crippen LogP contribution in [0.1, 0.15) is 43.4 Å². The fourth-order valence-electron chi connectivity index (χ4n) is 6.08. The van der Waals surface area contributed by atoms with Gasteiger partial charge >= 0.3 is 0 Å². The van der Waals surface area contributed by atoms with Crippen LogP contribution in [0.2, 0.25) is 10.0 Å². The maximum Gasteiger partial charge on any atom is 0.235 e. The molecule has 0 saturated carbocycles. The normalized spacial score (nSPS) is 17.4. The molecule has 4 aromatic rings. The summed E-state index contributed by atoms with van der Waals surface area (Å²) in [7, 11) is 3.17. The van der Waals surface area contributed by atoms with Gasteiger partial charge in [-0.1, -0.05) is 65.7 Å². The van der Waals surface area contributed by atoms with Gasteiger partial charge in [0.15, 0.2) is 0 Å². The molecule has 2 aromatic carbocycles. The lowest BCUT2D eigenvalue weighted by Crippen LogP contribution is -2.30. The SMILES string of the molecule is COc1nc(-c2cccc(-c3cccc(-c4cnc(CCC[C@@H]5CCC(=O)N5)c(OC)n4)c3Cl)c2Cl)ccc1CN[C@@H]1CNC(=O)C1. The molecule has 2 atom stereocenters. The van der Waals surface area contributed by atoms with E-state index in [0.29, 0.717) is 71.1 Å². The number of nitrogens with zero attached hydrogens (tertiary/aromatic N) is 3. The average molecular weight is 676 g/mol. The molecule has 0 bridgehead atoms. The monoisotopic (exact) mass is 674 g/mol. The largest absolute Gasteiger partial charge is 0.481 e. The zero-order chi connectivity index (χ0) is 32.9. The minimum atomic E-state index is 0.0490. The molecule has 2 saturated heterocycles. The van der Waals surface area contributed by atoms with Crippen LogP contribution in [-0.2, 0) is 22.6 Å². The van der Waals surface area contributed by atoms with E-state index in [-0.39, 0.29) is 23.9 Å². The molecule has 244 valence electrons. The van der Waals surface area contributed by atoms with Crippen molar-refractivity contribution in [2.24, 2.45) is 0 Å². The molecule has 2 aliphatic heterocycles. The summed E-state index contributed by atoms with van der Waals surface area (Å²) in [4.78, 5) is 37.3. The second-order valence-electron chi connectivity index (χ2n) is 11.7. The lowest BCUT2D eigenvalue weighted by atomic mass is 9.98. The number of methoxy groups -OCH3 is 2. The van der Waals surface area contributed by atoms with Crippen LogP contribution in [0.25, 0.3) is 33.6 Å². The number of carbonyl (C=O) groups is 2. The average Bonchev–Trinajstić information content (AvgIpc) is 3.71. The first-order valence-electron chi connectivity index (χ1n) is 15.7. The van der Waals surface area contributed by atoms with E-state index >= 15 is 0 Å². The van der Waals surface area contributed by atoms with Crippen LogP contribution in [0.3, 0.4) is 0 Å². The molecule has 2 aliphatic rings. The number of rotatable bonds is 12. The van der Waals surface area contributed by atoms with Gasteiger partial charge in [-0.25, -0.2) is 9.97 Å². The van der Waals surface area contributed by atoms with Crippen molar-refractivity contribution in [2.75, 3.05) is 20.8 Å². The van der Waals surface area contributed by atoms with Gasteiger partial charge in [0.25, 0.3) is 0 Å². The van der Waals surface area contributed by atoms with Crippen LogP contribution in [0, 0.1) is 0 Å². The Hall–Kier alpha value is -4.25. The molecular formula is C35H36Cl2N6O4. The van der Waals surface area contributed by atoms with Gasteiger partial charge in [-0.05, 0) is 31.7 Å².